The second kappa shape index (κ2) is 14.0. The van der Waals surface area contributed by atoms with E-state index in [0.717, 1.165) is 0 Å². The lowest BCUT2D eigenvalue weighted by molar-refractivity contribution is -0.307. The number of hydrogen-bond acceptors (Lipinski definition) is 16. The first kappa shape index (κ1) is 33.6. The Balaban J connectivity index is 1.44. The van der Waals surface area contributed by atoms with E-state index in [1.807, 2.05) is 0 Å². The van der Waals surface area contributed by atoms with Crippen molar-refractivity contribution in [2.75, 3.05) is 41.7 Å². The Morgan fingerprint density at radius 2 is 1.41 bits per heavy atom. The van der Waals surface area contributed by atoms with Crippen molar-refractivity contribution in [2.45, 2.75) is 55.3 Å². The molecule has 5 rings (SSSR count). The number of methoxy groups -OCH3 is 4. The van der Waals surface area contributed by atoms with E-state index in [9.17, 15) is 35.4 Å². The monoisotopic (exact) mass is 652 g/mol. The van der Waals surface area contributed by atoms with Crippen LogP contribution in [0.15, 0.2) is 39.5 Å². The maximum atomic E-state index is 13.5. The van der Waals surface area contributed by atoms with Gasteiger partial charge in [-0.1, -0.05) is 0 Å². The molecule has 3 heterocycles. The van der Waals surface area contributed by atoms with Gasteiger partial charge in [0.25, 0.3) is 0 Å². The third-order valence-corrected chi connectivity index (χ3v) is 7.74. The van der Waals surface area contributed by atoms with E-state index in [1.54, 1.807) is 12.1 Å². The van der Waals surface area contributed by atoms with Crippen LogP contribution in [0.1, 0.15) is 0 Å². The second-order valence-electron chi connectivity index (χ2n) is 10.6. The van der Waals surface area contributed by atoms with Gasteiger partial charge in [0.1, 0.15) is 71.0 Å². The number of rotatable bonds is 10. The Kier molecular flexibility index (Phi) is 10.2. The summed E-state index contributed by atoms with van der Waals surface area (Å²) in [5.74, 6) is 1.23. The lowest BCUT2D eigenvalue weighted by atomic mass is 9.99. The van der Waals surface area contributed by atoms with Gasteiger partial charge in [-0.3, -0.25) is 4.79 Å². The molecule has 2 fully saturated rings. The molecular formula is C30H36O16. The van der Waals surface area contributed by atoms with Crippen molar-refractivity contribution in [1.82, 2.24) is 0 Å². The van der Waals surface area contributed by atoms with Crippen molar-refractivity contribution in [3.63, 3.8) is 0 Å². The van der Waals surface area contributed by atoms with E-state index in [2.05, 4.69) is 0 Å². The molecule has 3 aromatic rings. The van der Waals surface area contributed by atoms with Crippen LogP contribution in [0.5, 0.6) is 28.7 Å². The zero-order chi connectivity index (χ0) is 33.3. The van der Waals surface area contributed by atoms with Crippen LogP contribution in [-0.2, 0) is 14.2 Å². The van der Waals surface area contributed by atoms with Crippen molar-refractivity contribution in [1.29, 1.82) is 0 Å². The zero-order valence-corrected chi connectivity index (χ0v) is 25.3. The maximum Gasteiger partial charge on any atom is 0.229 e. The largest absolute Gasteiger partial charge is 0.496 e. The molecule has 0 spiro atoms. The van der Waals surface area contributed by atoms with Crippen LogP contribution in [-0.4, -0.2) is 128 Å². The van der Waals surface area contributed by atoms with Gasteiger partial charge >= 0.3 is 0 Å². The van der Waals surface area contributed by atoms with Crippen LogP contribution >= 0.6 is 0 Å². The minimum absolute atomic E-state index is 0.0422. The molecule has 9 atom stereocenters. The first-order valence-corrected chi connectivity index (χ1v) is 14.1. The summed E-state index contributed by atoms with van der Waals surface area (Å²) in [5, 5.41) is 61.5. The molecule has 16 nitrogen and oxygen atoms in total. The summed E-state index contributed by atoms with van der Waals surface area (Å²) >= 11 is 0. The predicted octanol–water partition coefficient (Wildman–Crippen LogP) is -0.864. The zero-order valence-electron chi connectivity index (χ0n) is 25.3. The van der Waals surface area contributed by atoms with E-state index >= 15 is 0 Å². The molecule has 0 amide bonds. The molecule has 252 valence electrons. The lowest BCUT2D eigenvalue weighted by Crippen LogP contribution is -2.61. The third-order valence-electron chi connectivity index (χ3n) is 7.74. The van der Waals surface area contributed by atoms with Crippen molar-refractivity contribution >= 4 is 11.0 Å². The van der Waals surface area contributed by atoms with Gasteiger partial charge in [0.05, 0.1) is 41.7 Å². The molecule has 0 radical (unpaired) electrons. The Bertz CT molecular complexity index is 1550. The highest BCUT2D eigenvalue weighted by molar-refractivity contribution is 5.86. The third kappa shape index (κ3) is 6.44. The van der Waals surface area contributed by atoms with Crippen molar-refractivity contribution in [3.8, 4) is 40.1 Å². The summed E-state index contributed by atoms with van der Waals surface area (Å²) < 4.78 is 49.9. The summed E-state index contributed by atoms with van der Waals surface area (Å²) in [6, 6.07) is 7.24. The minimum atomic E-state index is -1.79. The number of aliphatic hydroxyl groups excluding tert-OH is 6. The van der Waals surface area contributed by atoms with Crippen LogP contribution in [0.2, 0.25) is 0 Å². The summed E-state index contributed by atoms with van der Waals surface area (Å²) in [6.07, 6.45) is -14.1. The highest BCUT2D eigenvalue weighted by atomic mass is 16.7. The van der Waals surface area contributed by atoms with E-state index in [-0.39, 0.29) is 34.8 Å². The number of aliphatic hydroxyl groups is 6. The molecule has 0 bridgehead atoms. The topological polar surface area (TPSA) is 225 Å². The van der Waals surface area contributed by atoms with E-state index < -0.39 is 67.3 Å². The molecule has 46 heavy (non-hydrogen) atoms. The number of fused-ring (bicyclic) bond motifs is 1. The van der Waals surface area contributed by atoms with Crippen molar-refractivity contribution < 1.29 is 73.0 Å². The summed E-state index contributed by atoms with van der Waals surface area (Å²) in [7, 11) is 5.73. The van der Waals surface area contributed by atoms with Gasteiger partial charge in [-0.15, -0.1) is 0 Å². The Morgan fingerprint density at radius 3 is 2.04 bits per heavy atom. The highest BCUT2D eigenvalue weighted by Crippen LogP contribution is 2.42. The number of ether oxygens (including phenoxy) is 8. The number of benzene rings is 2. The van der Waals surface area contributed by atoms with Gasteiger partial charge in [-0.05, 0) is 12.1 Å². The van der Waals surface area contributed by atoms with Crippen LogP contribution < -0.4 is 29.1 Å². The highest BCUT2D eigenvalue weighted by Gasteiger charge is 2.46. The average molecular weight is 653 g/mol. The van der Waals surface area contributed by atoms with Crippen LogP contribution in [0.4, 0.5) is 0 Å². The molecular weight excluding hydrogens is 616 g/mol. The molecule has 2 aliphatic heterocycles. The van der Waals surface area contributed by atoms with E-state index in [0.29, 0.717) is 22.8 Å². The summed E-state index contributed by atoms with van der Waals surface area (Å²) in [4.78, 5) is 13.5. The molecule has 2 aromatic carbocycles. The fourth-order valence-corrected chi connectivity index (χ4v) is 5.20. The minimum Gasteiger partial charge on any atom is -0.496 e. The van der Waals surface area contributed by atoms with E-state index in [4.69, 9.17) is 42.3 Å². The SMILES string of the molecule is COc1cc(O[C@@H]2O[C@H](CO[C@H]3OC[C@@H](O)[C@@H](O)[C@H]3O)[C@@H](O)[C@H](O)[C@@H]2O)c2c(=O)cc(-c3cc(OC)c(OC)c(OC)c3)oc2c1. The summed E-state index contributed by atoms with van der Waals surface area (Å²) in [6.45, 7) is -0.814. The van der Waals surface area contributed by atoms with Gasteiger partial charge < -0.3 is 73.0 Å². The Hall–Kier alpha value is -3.71. The van der Waals surface area contributed by atoms with Crippen LogP contribution in [0.3, 0.4) is 0 Å². The molecule has 0 aliphatic carbocycles. The predicted molar refractivity (Wildman–Crippen MR) is 155 cm³/mol. The van der Waals surface area contributed by atoms with Crippen molar-refractivity contribution in [2.24, 2.45) is 0 Å². The molecule has 0 saturated carbocycles. The smallest absolute Gasteiger partial charge is 0.229 e. The van der Waals surface area contributed by atoms with Crippen LogP contribution in [0, 0.1) is 0 Å². The van der Waals surface area contributed by atoms with Gasteiger partial charge in [0.2, 0.25) is 12.0 Å². The lowest BCUT2D eigenvalue weighted by Gasteiger charge is -2.41. The standard InChI is InChI=1S/C30H36O16/c1-38-13-7-17-22(14(31)9-16(44-17)12-5-19(39-2)28(41-4)20(6-12)40-3)18(8-13)45-30-27(37)25(35)24(34)21(46-30)11-43-29-26(36)23(33)15(32)10-42-29/h5-9,15,21,23-27,29-30,32-37H,10-11H2,1-4H3/t15-,21-,23-,24-,25+,26-,27+,29-,30-/m1/s1. The van der Waals surface area contributed by atoms with Crippen LogP contribution in [0.25, 0.3) is 22.3 Å². The van der Waals surface area contributed by atoms with Gasteiger partial charge in [0, 0.05) is 23.8 Å². The molecule has 2 saturated heterocycles. The first-order valence-electron chi connectivity index (χ1n) is 14.1. The molecule has 16 heteroatoms. The molecule has 2 aliphatic rings. The molecule has 0 unspecified atom stereocenters. The van der Waals surface area contributed by atoms with Gasteiger partial charge in [-0.2, -0.15) is 0 Å². The van der Waals surface area contributed by atoms with Gasteiger partial charge in [0.15, 0.2) is 23.2 Å². The normalized spacial score (nSPS) is 29.7. The van der Waals surface area contributed by atoms with Gasteiger partial charge in [-0.25, -0.2) is 0 Å². The number of hydrogen-bond donors (Lipinski definition) is 6. The first-order chi connectivity index (χ1) is 22.0. The maximum absolute atomic E-state index is 13.5. The Morgan fingerprint density at radius 1 is 0.739 bits per heavy atom. The molecule has 6 N–H and O–H groups in total. The van der Waals surface area contributed by atoms with E-state index in [1.165, 1.54) is 46.6 Å². The second-order valence-corrected chi connectivity index (χ2v) is 10.6. The quantitative estimate of drug-likeness (QED) is 0.157. The average Bonchev–Trinajstić information content (AvgIpc) is 3.06. The fourth-order valence-electron chi connectivity index (χ4n) is 5.20. The Labute approximate surface area is 261 Å². The summed E-state index contributed by atoms with van der Waals surface area (Å²) in [5.41, 5.74) is -0.0722. The molecule has 1 aromatic heterocycles. The fraction of sp³-hybridized carbons (Fsp3) is 0.500. The van der Waals surface area contributed by atoms with Crippen molar-refractivity contribution in [3.05, 3.63) is 40.6 Å².